The topological polar surface area (TPSA) is 63.6 Å². The Balaban J connectivity index is 2.23. The van der Waals surface area contributed by atoms with Crippen LogP contribution in [0.3, 0.4) is 0 Å². The first-order chi connectivity index (χ1) is 11.0. The van der Waals surface area contributed by atoms with Crippen LogP contribution in [0.15, 0.2) is 48.5 Å². The maximum Gasteiger partial charge on any atom is 0.307 e. The summed E-state index contributed by atoms with van der Waals surface area (Å²) in [4.78, 5) is 23.2. The third-order valence-corrected chi connectivity index (χ3v) is 3.38. The van der Waals surface area contributed by atoms with Crippen LogP contribution < -0.4 is 4.74 Å². The number of ketones is 1. The zero-order chi connectivity index (χ0) is 16.8. The Morgan fingerprint density at radius 1 is 1.17 bits per heavy atom. The predicted molar refractivity (Wildman–Crippen MR) is 88.9 cm³/mol. The zero-order valence-corrected chi connectivity index (χ0v) is 13.1. The number of allylic oxidation sites excluding steroid dienone is 1. The van der Waals surface area contributed by atoms with Gasteiger partial charge in [0.25, 0.3) is 0 Å². The van der Waals surface area contributed by atoms with Gasteiger partial charge in [-0.2, -0.15) is 0 Å². The van der Waals surface area contributed by atoms with Gasteiger partial charge < -0.3 is 9.84 Å². The maximum atomic E-state index is 12.3. The molecule has 0 saturated heterocycles. The molecule has 0 aromatic heterocycles. The molecule has 0 aliphatic carbocycles. The first-order valence-corrected chi connectivity index (χ1v) is 7.17. The summed E-state index contributed by atoms with van der Waals surface area (Å²) in [5.41, 5.74) is 2.98. The van der Waals surface area contributed by atoms with Crippen molar-refractivity contribution >= 4 is 17.8 Å². The summed E-state index contributed by atoms with van der Waals surface area (Å²) >= 11 is 0. The molecule has 118 valence electrons. The van der Waals surface area contributed by atoms with Crippen LogP contribution in [0.4, 0.5) is 0 Å². The highest BCUT2D eigenvalue weighted by Crippen LogP contribution is 2.21. The van der Waals surface area contributed by atoms with Crippen LogP contribution in [-0.4, -0.2) is 24.0 Å². The Morgan fingerprint density at radius 2 is 1.96 bits per heavy atom. The van der Waals surface area contributed by atoms with Crippen LogP contribution in [0.1, 0.15) is 27.0 Å². The van der Waals surface area contributed by atoms with Gasteiger partial charge in [0.05, 0.1) is 13.5 Å². The molecule has 4 nitrogen and oxygen atoms in total. The average Bonchev–Trinajstić information content (AvgIpc) is 2.52. The second-order valence-corrected chi connectivity index (χ2v) is 5.21. The van der Waals surface area contributed by atoms with Crippen molar-refractivity contribution in [2.24, 2.45) is 0 Å². The van der Waals surface area contributed by atoms with Crippen LogP contribution in [-0.2, 0) is 11.2 Å². The number of methoxy groups -OCH3 is 1. The van der Waals surface area contributed by atoms with Crippen molar-refractivity contribution in [3.05, 3.63) is 70.8 Å². The van der Waals surface area contributed by atoms with Crippen molar-refractivity contribution in [1.29, 1.82) is 0 Å². The van der Waals surface area contributed by atoms with E-state index in [1.807, 2.05) is 31.2 Å². The van der Waals surface area contributed by atoms with E-state index in [0.29, 0.717) is 16.9 Å². The van der Waals surface area contributed by atoms with Gasteiger partial charge in [0.15, 0.2) is 5.78 Å². The summed E-state index contributed by atoms with van der Waals surface area (Å²) in [6.07, 6.45) is 3.05. The molecule has 0 spiro atoms. The van der Waals surface area contributed by atoms with Crippen molar-refractivity contribution in [2.75, 3.05) is 7.11 Å². The van der Waals surface area contributed by atoms with Crippen molar-refractivity contribution in [1.82, 2.24) is 0 Å². The molecular weight excluding hydrogens is 292 g/mol. The smallest absolute Gasteiger partial charge is 0.307 e. The van der Waals surface area contributed by atoms with E-state index < -0.39 is 5.97 Å². The van der Waals surface area contributed by atoms with Gasteiger partial charge in [-0.25, -0.2) is 0 Å². The highest BCUT2D eigenvalue weighted by molar-refractivity contribution is 6.07. The SMILES string of the molecule is COc1ccc(C(=O)/C=C/c2cccc(C)c2)cc1CC(=O)O. The van der Waals surface area contributed by atoms with E-state index in [4.69, 9.17) is 9.84 Å². The second kappa shape index (κ2) is 7.40. The maximum absolute atomic E-state index is 12.3. The minimum absolute atomic E-state index is 0.180. The molecule has 0 heterocycles. The molecule has 0 amide bonds. The summed E-state index contributed by atoms with van der Waals surface area (Å²) in [7, 11) is 1.47. The van der Waals surface area contributed by atoms with Crippen molar-refractivity contribution in [3.8, 4) is 5.75 Å². The molecule has 2 aromatic rings. The van der Waals surface area contributed by atoms with Gasteiger partial charge in [-0.05, 0) is 36.8 Å². The van der Waals surface area contributed by atoms with E-state index in [1.54, 1.807) is 24.3 Å². The molecule has 0 fully saturated rings. The fraction of sp³-hybridized carbons (Fsp3) is 0.158. The molecule has 23 heavy (non-hydrogen) atoms. The number of benzene rings is 2. The molecular formula is C19H18O4. The Kier molecular flexibility index (Phi) is 5.31. The zero-order valence-electron chi connectivity index (χ0n) is 13.1. The molecule has 2 rings (SSSR count). The average molecular weight is 310 g/mol. The Morgan fingerprint density at radius 3 is 2.61 bits per heavy atom. The number of carbonyl (C=O) groups is 2. The van der Waals surface area contributed by atoms with Gasteiger partial charge in [0.1, 0.15) is 5.75 Å². The lowest BCUT2D eigenvalue weighted by Gasteiger charge is -2.08. The molecule has 0 aliphatic rings. The molecule has 0 unspecified atom stereocenters. The lowest BCUT2D eigenvalue weighted by molar-refractivity contribution is -0.136. The number of aliphatic carboxylic acids is 1. The summed E-state index contributed by atoms with van der Waals surface area (Å²) in [5, 5.41) is 8.94. The quantitative estimate of drug-likeness (QED) is 0.655. The van der Waals surface area contributed by atoms with Gasteiger partial charge in [0, 0.05) is 11.1 Å². The second-order valence-electron chi connectivity index (χ2n) is 5.21. The Bertz CT molecular complexity index is 760. The largest absolute Gasteiger partial charge is 0.496 e. The minimum atomic E-state index is -0.969. The Hall–Kier alpha value is -2.88. The fourth-order valence-corrected chi connectivity index (χ4v) is 2.27. The number of hydrogen-bond acceptors (Lipinski definition) is 3. The van der Waals surface area contributed by atoms with Crippen LogP contribution in [0.25, 0.3) is 6.08 Å². The van der Waals surface area contributed by atoms with E-state index in [0.717, 1.165) is 11.1 Å². The lowest BCUT2D eigenvalue weighted by Crippen LogP contribution is -2.04. The van der Waals surface area contributed by atoms with Crippen molar-refractivity contribution in [2.45, 2.75) is 13.3 Å². The predicted octanol–water partition coefficient (Wildman–Crippen LogP) is 3.53. The first-order valence-electron chi connectivity index (χ1n) is 7.17. The van der Waals surface area contributed by atoms with E-state index >= 15 is 0 Å². The van der Waals surface area contributed by atoms with Gasteiger partial charge in [-0.1, -0.05) is 35.9 Å². The Labute approximate surface area is 135 Å². The molecule has 0 radical (unpaired) electrons. The third kappa shape index (κ3) is 4.54. The summed E-state index contributed by atoms with van der Waals surface area (Å²) in [6.45, 7) is 1.99. The number of rotatable bonds is 6. The molecule has 0 bridgehead atoms. The number of aryl methyl sites for hydroxylation is 1. The molecule has 0 atom stereocenters. The first kappa shape index (κ1) is 16.5. The fourth-order valence-electron chi connectivity index (χ4n) is 2.27. The summed E-state index contributed by atoms with van der Waals surface area (Å²) in [6, 6.07) is 12.6. The molecule has 0 saturated carbocycles. The number of carbonyl (C=O) groups excluding carboxylic acids is 1. The number of carboxylic acids is 1. The lowest BCUT2D eigenvalue weighted by atomic mass is 10.0. The summed E-state index contributed by atoms with van der Waals surface area (Å²) < 4.78 is 5.13. The van der Waals surface area contributed by atoms with Crippen molar-refractivity contribution < 1.29 is 19.4 Å². The molecule has 1 N–H and O–H groups in total. The minimum Gasteiger partial charge on any atom is -0.496 e. The van der Waals surface area contributed by atoms with Crippen molar-refractivity contribution in [3.63, 3.8) is 0 Å². The highest BCUT2D eigenvalue weighted by Gasteiger charge is 2.11. The van der Waals surface area contributed by atoms with Gasteiger partial charge in [-0.3, -0.25) is 9.59 Å². The van der Waals surface area contributed by atoms with Gasteiger partial charge in [-0.15, -0.1) is 0 Å². The van der Waals surface area contributed by atoms with Crippen LogP contribution in [0, 0.1) is 6.92 Å². The van der Waals surface area contributed by atoms with Crippen LogP contribution in [0.5, 0.6) is 5.75 Å². The third-order valence-electron chi connectivity index (χ3n) is 3.38. The normalized spacial score (nSPS) is 10.7. The molecule has 0 aliphatic heterocycles. The highest BCUT2D eigenvalue weighted by atomic mass is 16.5. The van der Waals surface area contributed by atoms with E-state index in [-0.39, 0.29) is 12.2 Å². The molecule has 2 aromatic carbocycles. The number of ether oxygens (including phenoxy) is 1. The van der Waals surface area contributed by atoms with E-state index in [9.17, 15) is 9.59 Å². The number of carboxylic acid groups (broad SMARTS) is 1. The van der Waals surface area contributed by atoms with E-state index in [2.05, 4.69) is 0 Å². The number of hydrogen-bond donors (Lipinski definition) is 1. The van der Waals surface area contributed by atoms with Gasteiger partial charge in [0.2, 0.25) is 0 Å². The molecule has 4 heteroatoms. The monoisotopic (exact) mass is 310 g/mol. The van der Waals surface area contributed by atoms with Crippen LogP contribution >= 0.6 is 0 Å². The van der Waals surface area contributed by atoms with Gasteiger partial charge >= 0.3 is 5.97 Å². The van der Waals surface area contributed by atoms with Crippen LogP contribution in [0.2, 0.25) is 0 Å². The van der Waals surface area contributed by atoms with E-state index in [1.165, 1.54) is 13.2 Å². The summed E-state index contributed by atoms with van der Waals surface area (Å²) in [5.74, 6) is -0.685. The standard InChI is InChI=1S/C19H18O4/c1-13-4-3-5-14(10-13)6-8-17(20)15-7-9-18(23-2)16(11-15)12-19(21)22/h3-11H,12H2,1-2H3,(H,21,22)/b8-6+.